The predicted octanol–water partition coefficient (Wildman–Crippen LogP) is 4.98. The van der Waals surface area contributed by atoms with Crippen LogP contribution in [0.4, 0.5) is 0 Å². The first-order valence-electron chi connectivity index (χ1n) is 7.36. The minimum absolute atomic E-state index is 0.135. The topological polar surface area (TPSA) is 37.3 Å². The molecule has 1 rings (SSSR count). The Kier molecular flexibility index (Phi) is 5.54. The fourth-order valence-corrected chi connectivity index (χ4v) is 3.12. The minimum atomic E-state index is -0.135. The van der Waals surface area contributed by atoms with E-state index in [1.165, 1.54) is 0 Å². The quantitative estimate of drug-likeness (QED) is 0.797. The van der Waals surface area contributed by atoms with Gasteiger partial charge in [-0.1, -0.05) is 53.7 Å². The van der Waals surface area contributed by atoms with E-state index in [0.717, 1.165) is 23.0 Å². The van der Waals surface area contributed by atoms with Gasteiger partial charge in [0.25, 0.3) is 0 Å². The van der Waals surface area contributed by atoms with Crippen molar-refractivity contribution in [2.75, 3.05) is 6.26 Å². The first kappa shape index (κ1) is 18.1. The van der Waals surface area contributed by atoms with Gasteiger partial charge >= 0.3 is 0 Å². The van der Waals surface area contributed by atoms with Crippen molar-refractivity contribution in [3.63, 3.8) is 0 Å². The molecule has 1 aromatic carbocycles. The lowest BCUT2D eigenvalue weighted by Crippen LogP contribution is -2.18. The number of aromatic hydroxyl groups is 1. The van der Waals surface area contributed by atoms with Crippen LogP contribution in [-0.4, -0.2) is 17.6 Å². The van der Waals surface area contributed by atoms with Gasteiger partial charge < -0.3 is 9.90 Å². The van der Waals surface area contributed by atoms with Gasteiger partial charge in [0, 0.05) is 11.7 Å². The third-order valence-electron chi connectivity index (χ3n) is 3.71. The summed E-state index contributed by atoms with van der Waals surface area (Å²) >= 11 is 1.68. The summed E-state index contributed by atoms with van der Waals surface area (Å²) in [5, 5.41) is 10.8. The standard InChI is InChI=1S/C18H28O2S/c1-17(2,3)13-10-12(15(21-7)8-9-19)11-14(16(13)20)18(4,5)6/h9-11,15,20H,8H2,1-7H3. The molecule has 0 aromatic heterocycles. The highest BCUT2D eigenvalue weighted by atomic mass is 32.2. The Morgan fingerprint density at radius 3 is 1.81 bits per heavy atom. The van der Waals surface area contributed by atoms with E-state index >= 15 is 0 Å². The summed E-state index contributed by atoms with van der Waals surface area (Å²) in [7, 11) is 0. The number of thioether (sulfide) groups is 1. The molecule has 0 radical (unpaired) electrons. The fourth-order valence-electron chi connectivity index (χ4n) is 2.44. The molecule has 0 amide bonds. The van der Waals surface area contributed by atoms with Gasteiger partial charge in [0.2, 0.25) is 0 Å². The van der Waals surface area contributed by atoms with Crippen molar-refractivity contribution >= 4 is 18.0 Å². The number of carbonyl (C=O) groups is 1. The molecule has 1 unspecified atom stereocenters. The van der Waals surface area contributed by atoms with Crippen molar-refractivity contribution in [2.24, 2.45) is 0 Å². The van der Waals surface area contributed by atoms with Crippen LogP contribution in [-0.2, 0) is 15.6 Å². The van der Waals surface area contributed by atoms with Crippen LogP contribution in [0.15, 0.2) is 12.1 Å². The third kappa shape index (κ3) is 4.26. The SMILES string of the molecule is CSC(CC=O)c1cc(C(C)(C)C)c(O)c(C(C)(C)C)c1. The van der Waals surface area contributed by atoms with Crippen LogP contribution >= 0.6 is 11.8 Å². The summed E-state index contributed by atoms with van der Waals surface area (Å²) in [5.41, 5.74) is 2.76. The average Bonchev–Trinajstić information content (AvgIpc) is 2.33. The Balaban J connectivity index is 3.57. The fraction of sp³-hybridized carbons (Fsp3) is 0.611. The van der Waals surface area contributed by atoms with Gasteiger partial charge in [0.15, 0.2) is 0 Å². The summed E-state index contributed by atoms with van der Waals surface area (Å²) in [5.74, 6) is 0.393. The number of phenolic OH excluding ortho intramolecular Hbond substituents is 1. The molecule has 0 aliphatic carbocycles. The normalized spacial score (nSPS) is 14.0. The van der Waals surface area contributed by atoms with E-state index in [2.05, 4.69) is 53.7 Å². The summed E-state index contributed by atoms with van der Waals surface area (Å²) < 4.78 is 0. The average molecular weight is 308 g/mol. The first-order valence-corrected chi connectivity index (χ1v) is 8.65. The van der Waals surface area contributed by atoms with Gasteiger partial charge in [-0.05, 0) is 33.8 Å². The lowest BCUT2D eigenvalue weighted by Gasteiger charge is -2.29. The Hall–Kier alpha value is -0.960. The van der Waals surface area contributed by atoms with Gasteiger partial charge in [-0.15, -0.1) is 0 Å². The summed E-state index contributed by atoms with van der Waals surface area (Å²) in [6.45, 7) is 12.6. The number of aldehydes is 1. The molecule has 1 N–H and O–H groups in total. The van der Waals surface area contributed by atoms with Crippen LogP contribution in [0.5, 0.6) is 5.75 Å². The largest absolute Gasteiger partial charge is 0.507 e. The lowest BCUT2D eigenvalue weighted by atomic mass is 9.78. The highest BCUT2D eigenvalue weighted by molar-refractivity contribution is 7.98. The van der Waals surface area contributed by atoms with E-state index < -0.39 is 0 Å². The van der Waals surface area contributed by atoms with Crippen molar-refractivity contribution in [2.45, 2.75) is 64.0 Å². The molecule has 0 heterocycles. The van der Waals surface area contributed by atoms with E-state index in [1.807, 2.05) is 6.26 Å². The Labute approximate surface area is 133 Å². The van der Waals surface area contributed by atoms with Crippen molar-refractivity contribution in [3.05, 3.63) is 28.8 Å². The molecule has 1 atom stereocenters. The van der Waals surface area contributed by atoms with Crippen molar-refractivity contribution in [1.82, 2.24) is 0 Å². The van der Waals surface area contributed by atoms with Gasteiger partial charge in [0.05, 0.1) is 0 Å². The zero-order valence-corrected chi connectivity index (χ0v) is 15.1. The number of hydrogen-bond donors (Lipinski definition) is 1. The van der Waals surface area contributed by atoms with E-state index in [4.69, 9.17) is 0 Å². The molecular weight excluding hydrogens is 280 g/mol. The van der Waals surface area contributed by atoms with Crippen molar-refractivity contribution < 1.29 is 9.90 Å². The molecular formula is C18H28O2S. The van der Waals surface area contributed by atoms with Gasteiger partial charge in [-0.2, -0.15) is 11.8 Å². The maximum absolute atomic E-state index is 10.9. The predicted molar refractivity (Wildman–Crippen MR) is 92.4 cm³/mol. The van der Waals surface area contributed by atoms with E-state index in [0.29, 0.717) is 12.2 Å². The summed E-state index contributed by atoms with van der Waals surface area (Å²) in [6.07, 6.45) is 3.50. The smallest absolute Gasteiger partial charge is 0.123 e. The van der Waals surface area contributed by atoms with Crippen molar-refractivity contribution in [1.29, 1.82) is 0 Å². The first-order chi connectivity index (χ1) is 9.52. The zero-order valence-electron chi connectivity index (χ0n) is 14.3. The zero-order chi connectivity index (χ0) is 16.4. The summed E-state index contributed by atoms with van der Waals surface area (Å²) in [6, 6.07) is 4.13. The molecule has 1 aromatic rings. The van der Waals surface area contributed by atoms with Crippen LogP contribution in [0.25, 0.3) is 0 Å². The highest BCUT2D eigenvalue weighted by Crippen LogP contribution is 2.42. The van der Waals surface area contributed by atoms with E-state index in [-0.39, 0.29) is 16.1 Å². The Morgan fingerprint density at radius 2 is 1.52 bits per heavy atom. The van der Waals surface area contributed by atoms with E-state index in [1.54, 1.807) is 11.8 Å². The van der Waals surface area contributed by atoms with Crippen LogP contribution in [0.1, 0.15) is 69.9 Å². The second-order valence-corrected chi connectivity index (χ2v) is 8.63. The lowest BCUT2D eigenvalue weighted by molar-refractivity contribution is -0.107. The maximum atomic E-state index is 10.9. The molecule has 0 aliphatic heterocycles. The van der Waals surface area contributed by atoms with Gasteiger partial charge in [-0.25, -0.2) is 0 Å². The van der Waals surface area contributed by atoms with Crippen LogP contribution < -0.4 is 0 Å². The molecule has 0 spiro atoms. The molecule has 3 heteroatoms. The maximum Gasteiger partial charge on any atom is 0.123 e. The van der Waals surface area contributed by atoms with Crippen molar-refractivity contribution in [3.8, 4) is 5.75 Å². The molecule has 118 valence electrons. The molecule has 0 bridgehead atoms. The van der Waals surface area contributed by atoms with Crippen LogP contribution in [0.2, 0.25) is 0 Å². The second-order valence-electron chi connectivity index (χ2n) is 7.59. The van der Waals surface area contributed by atoms with Crippen LogP contribution in [0, 0.1) is 0 Å². The molecule has 21 heavy (non-hydrogen) atoms. The third-order valence-corrected chi connectivity index (χ3v) is 4.75. The molecule has 0 aliphatic rings. The molecule has 0 saturated heterocycles. The second kappa shape index (κ2) is 6.43. The molecule has 2 nitrogen and oxygen atoms in total. The Bertz CT molecular complexity index is 472. The molecule has 0 saturated carbocycles. The Morgan fingerprint density at radius 1 is 1.10 bits per heavy atom. The van der Waals surface area contributed by atoms with Gasteiger partial charge in [0.1, 0.15) is 12.0 Å². The number of hydrogen-bond acceptors (Lipinski definition) is 3. The van der Waals surface area contributed by atoms with Gasteiger partial charge in [-0.3, -0.25) is 0 Å². The number of benzene rings is 1. The highest BCUT2D eigenvalue weighted by Gasteiger charge is 2.27. The number of carbonyl (C=O) groups excluding carboxylic acids is 1. The summed E-state index contributed by atoms with van der Waals surface area (Å²) in [4.78, 5) is 10.9. The van der Waals surface area contributed by atoms with Crippen LogP contribution in [0.3, 0.4) is 0 Å². The minimum Gasteiger partial charge on any atom is -0.507 e. The monoisotopic (exact) mass is 308 g/mol. The van der Waals surface area contributed by atoms with E-state index in [9.17, 15) is 9.90 Å². The number of phenols is 1. The molecule has 0 fully saturated rings. The number of rotatable bonds is 4.